The standard InChI is InChI=1S/C31H17N2.C13H15N2Si.CH3.B.Ir.2Y/c1-3-11-23(12-4-1)24-13-9-14-25(21-24)26-15-10-16-27(22-26)31-32-29-19-7-8-20-30(29)33(31)28-17-5-2-6-18-28;1-16(2,3)12-9-14-13(15-10-12)11-7-5-4-6-8-11;;;;;/h1-11,14-15,17-20H;4-7,9-10H,1-3H3;1H3;;;;/q-5;2*-1;;;;+3. The Morgan fingerprint density at radius 1 is 0.574 bits per heavy atom. The maximum atomic E-state index is 4.94. The van der Waals surface area contributed by atoms with Crippen molar-refractivity contribution in [1.29, 1.82) is 0 Å². The Morgan fingerprint density at radius 2 is 1.11 bits per heavy atom. The molecule has 2 aromatic heterocycles. The van der Waals surface area contributed by atoms with Crippen molar-refractivity contribution in [2.24, 2.45) is 0 Å². The third kappa shape index (κ3) is 11.3. The van der Waals surface area contributed by atoms with Gasteiger partial charge < -0.3 is 45.8 Å². The molecule has 0 aliphatic carbocycles. The summed E-state index contributed by atoms with van der Waals surface area (Å²) in [7, 11) is -1.29. The van der Waals surface area contributed by atoms with E-state index in [-0.39, 0.29) is 101 Å². The molecule has 4 nitrogen and oxygen atoms in total. The number of hydrogen-bond acceptors (Lipinski definition) is 3. The first-order valence-electron chi connectivity index (χ1n) is 16.1. The quantitative estimate of drug-likeness (QED) is 0.123. The van der Waals surface area contributed by atoms with E-state index in [1.165, 1.54) is 5.19 Å². The molecule has 0 N–H and O–H groups in total. The molecule has 8 aromatic rings. The smallest absolute Gasteiger partial charge is 0.408 e. The van der Waals surface area contributed by atoms with E-state index in [2.05, 4.69) is 88.8 Å². The second-order valence-corrected chi connectivity index (χ2v) is 17.6. The molecule has 0 saturated heterocycles. The van der Waals surface area contributed by atoms with E-state index >= 15 is 0 Å². The zero-order valence-corrected chi connectivity index (χ0v) is 39.7. The molecule has 0 aliphatic heterocycles. The predicted octanol–water partition coefficient (Wildman–Crippen LogP) is 9.58. The van der Waals surface area contributed by atoms with Crippen LogP contribution in [-0.4, -0.2) is 36.0 Å². The number of imidazole rings is 1. The van der Waals surface area contributed by atoms with Gasteiger partial charge in [-0.05, 0) is 29.5 Å². The van der Waals surface area contributed by atoms with Gasteiger partial charge in [-0.25, -0.2) is 36.4 Å². The maximum absolute atomic E-state index is 4.94. The van der Waals surface area contributed by atoms with E-state index in [9.17, 15) is 0 Å². The molecule has 54 heavy (non-hydrogen) atoms. The molecule has 0 unspecified atom stereocenters. The molecule has 261 valence electrons. The zero-order valence-electron chi connectivity index (χ0n) is 30.6. The summed E-state index contributed by atoms with van der Waals surface area (Å²) in [6.45, 7) is 6.88. The van der Waals surface area contributed by atoms with Crippen LogP contribution >= 0.6 is 0 Å². The van der Waals surface area contributed by atoms with Crippen LogP contribution in [0.2, 0.25) is 19.6 Å². The molecule has 5 radical (unpaired) electrons. The van der Waals surface area contributed by atoms with Crippen molar-refractivity contribution in [3.05, 3.63) is 184 Å². The number of para-hydroxylation sites is 3. The molecule has 9 heteroatoms. The molecule has 0 aliphatic rings. The Balaban J connectivity index is 0.000000414. The Morgan fingerprint density at radius 3 is 1.70 bits per heavy atom. The second kappa shape index (κ2) is 21.9. The summed E-state index contributed by atoms with van der Waals surface area (Å²) in [5.74, 6) is 1.56. The van der Waals surface area contributed by atoms with Crippen molar-refractivity contribution in [3.8, 4) is 50.7 Å². The average Bonchev–Trinajstić information content (AvgIpc) is 3.56. The van der Waals surface area contributed by atoms with Crippen molar-refractivity contribution < 1.29 is 85.5 Å². The first kappa shape index (κ1) is 47.2. The first-order valence-corrected chi connectivity index (χ1v) is 19.6. The summed E-state index contributed by atoms with van der Waals surface area (Å²) in [6, 6.07) is 61.9. The summed E-state index contributed by atoms with van der Waals surface area (Å²) < 4.78 is 2.16. The normalized spacial score (nSPS) is 10.1. The van der Waals surface area contributed by atoms with Gasteiger partial charge in [0.05, 0.1) is 24.9 Å². The summed E-state index contributed by atoms with van der Waals surface area (Å²) >= 11 is 0. The van der Waals surface area contributed by atoms with E-state index in [0.29, 0.717) is 0 Å². The molecule has 0 bridgehead atoms. The molecule has 0 saturated carbocycles. The zero-order chi connectivity index (χ0) is 33.6. The topological polar surface area (TPSA) is 43.6 Å². The minimum Gasteiger partial charge on any atom is -0.408 e. The number of benzene rings is 6. The van der Waals surface area contributed by atoms with Crippen molar-refractivity contribution in [2.45, 2.75) is 19.6 Å². The van der Waals surface area contributed by atoms with Crippen LogP contribution in [-0.2, 0) is 85.5 Å². The van der Waals surface area contributed by atoms with E-state index < -0.39 is 8.07 Å². The van der Waals surface area contributed by atoms with Gasteiger partial charge in [0.2, 0.25) is 0 Å². The third-order valence-electron chi connectivity index (χ3n) is 8.01. The number of fused-ring (bicyclic) bond motifs is 1. The first-order chi connectivity index (χ1) is 23.9. The Bertz CT molecular complexity index is 2320. The summed E-state index contributed by atoms with van der Waals surface area (Å²) in [6.07, 6.45) is 3.91. The van der Waals surface area contributed by atoms with Gasteiger partial charge in [0.15, 0.2) is 0 Å². The molecular formula is C45H35BIrN4SiY2-4. The SMILES string of the molecule is C[Si](C)(C)c1cnc(-c2[c-]cccc2)nc1.[B].[CH3-].[Ir].[Y+3].[Y].[c-]1ccc(-c2[c-]c(-c3nc4ccccc4n3-c3ccccc3)[c-]cc2)[c-]c1-c1[c-]cccc1. The molecule has 0 amide bonds. The van der Waals surface area contributed by atoms with Crippen LogP contribution in [0.1, 0.15) is 0 Å². The van der Waals surface area contributed by atoms with Crippen molar-refractivity contribution in [3.63, 3.8) is 0 Å². The molecule has 0 spiro atoms. The predicted molar refractivity (Wildman–Crippen MR) is 213 cm³/mol. The fourth-order valence-corrected chi connectivity index (χ4v) is 6.29. The average molecular weight is 1040 g/mol. The van der Waals surface area contributed by atoms with Gasteiger partial charge in [0, 0.05) is 85.1 Å². The van der Waals surface area contributed by atoms with Gasteiger partial charge in [-0.3, -0.25) is 27.7 Å². The largest absolute Gasteiger partial charge is 3.00 e. The van der Waals surface area contributed by atoms with Gasteiger partial charge >= 0.3 is 32.7 Å². The van der Waals surface area contributed by atoms with Gasteiger partial charge in [0.1, 0.15) is 0 Å². The van der Waals surface area contributed by atoms with Crippen LogP contribution in [0.25, 0.3) is 61.8 Å². The van der Waals surface area contributed by atoms with Gasteiger partial charge in [0.25, 0.3) is 0 Å². The van der Waals surface area contributed by atoms with Crippen molar-refractivity contribution in [2.75, 3.05) is 0 Å². The summed E-state index contributed by atoms with van der Waals surface area (Å²) in [5.41, 5.74) is 8.52. The number of aromatic nitrogens is 4. The minimum atomic E-state index is -1.29. The molecule has 0 atom stereocenters. The molecular weight excluding hydrogens is 1010 g/mol. The number of nitrogens with zero attached hydrogens (tertiary/aromatic N) is 4. The van der Waals surface area contributed by atoms with Gasteiger partial charge in [-0.1, -0.05) is 50.0 Å². The van der Waals surface area contributed by atoms with Crippen LogP contribution in [0.3, 0.4) is 0 Å². The van der Waals surface area contributed by atoms with E-state index in [0.717, 1.165) is 61.8 Å². The van der Waals surface area contributed by atoms with Crippen LogP contribution in [0.15, 0.2) is 140 Å². The molecule has 8 rings (SSSR count). The fraction of sp³-hybridized carbons (Fsp3) is 0.0667. The van der Waals surface area contributed by atoms with Gasteiger partial charge in [-0.2, -0.15) is 17.7 Å². The Kier molecular flexibility index (Phi) is 19.2. The third-order valence-corrected chi connectivity index (χ3v) is 10.0. The van der Waals surface area contributed by atoms with E-state index in [1.807, 2.05) is 122 Å². The molecule has 0 fully saturated rings. The molecule has 2 heterocycles. The fourth-order valence-electron chi connectivity index (χ4n) is 5.39. The maximum Gasteiger partial charge on any atom is 3.00 e. The second-order valence-electron chi connectivity index (χ2n) is 12.5. The van der Waals surface area contributed by atoms with E-state index in [1.54, 1.807) is 0 Å². The minimum absolute atomic E-state index is 0. The summed E-state index contributed by atoms with van der Waals surface area (Å²) in [4.78, 5) is 13.8. The van der Waals surface area contributed by atoms with E-state index in [4.69, 9.17) is 4.98 Å². The van der Waals surface area contributed by atoms with Crippen LogP contribution < -0.4 is 5.19 Å². The van der Waals surface area contributed by atoms with Gasteiger partial charge in [-0.15, -0.1) is 42.0 Å². The number of hydrogen-bond donors (Lipinski definition) is 0. The van der Waals surface area contributed by atoms with Crippen LogP contribution in [0.4, 0.5) is 0 Å². The molecule has 6 aromatic carbocycles. The van der Waals surface area contributed by atoms with Crippen LogP contribution in [0, 0.1) is 43.8 Å². The Hall–Kier alpha value is -2.99. The van der Waals surface area contributed by atoms with Crippen molar-refractivity contribution in [1.82, 2.24) is 19.5 Å². The van der Waals surface area contributed by atoms with Crippen molar-refractivity contribution >= 4 is 32.7 Å². The summed E-state index contributed by atoms with van der Waals surface area (Å²) in [5, 5.41) is 1.28. The Labute approximate surface area is 387 Å². The van der Waals surface area contributed by atoms with Crippen LogP contribution in [0.5, 0.6) is 0 Å². The monoisotopic (exact) mass is 1040 g/mol. The number of rotatable bonds is 6.